The summed E-state index contributed by atoms with van der Waals surface area (Å²) in [5.74, 6) is -0.333. The number of nitrogen functional groups attached to an aromatic ring is 1. The van der Waals surface area contributed by atoms with Crippen molar-refractivity contribution in [1.82, 2.24) is 9.66 Å². The molecule has 0 bridgehead atoms. The molecule has 1 aromatic heterocycles. The van der Waals surface area contributed by atoms with Crippen molar-refractivity contribution in [3.8, 4) is 5.75 Å². The van der Waals surface area contributed by atoms with Crippen LogP contribution in [0.2, 0.25) is 0 Å². The predicted molar refractivity (Wildman–Crippen MR) is 84.8 cm³/mol. The first-order chi connectivity index (χ1) is 10.6. The monoisotopic (exact) mass is 321 g/mol. The van der Waals surface area contributed by atoms with E-state index >= 15 is 0 Å². The van der Waals surface area contributed by atoms with Gasteiger partial charge in [-0.1, -0.05) is 0 Å². The van der Waals surface area contributed by atoms with Crippen molar-refractivity contribution in [2.75, 3.05) is 18.3 Å². The third-order valence-corrected chi connectivity index (χ3v) is 2.85. The van der Waals surface area contributed by atoms with Crippen LogP contribution in [0.3, 0.4) is 0 Å². The van der Waals surface area contributed by atoms with Gasteiger partial charge in [0.15, 0.2) is 0 Å². The maximum atomic E-state index is 11.9. The summed E-state index contributed by atoms with van der Waals surface area (Å²) in [7, 11) is 1.42. The quantitative estimate of drug-likeness (QED) is 0.777. The molecule has 9 nitrogen and oxygen atoms in total. The van der Waals surface area contributed by atoms with Crippen molar-refractivity contribution in [3.05, 3.63) is 17.7 Å². The molecule has 0 aliphatic carbocycles. The van der Waals surface area contributed by atoms with Crippen LogP contribution in [0, 0.1) is 0 Å². The zero-order valence-electron chi connectivity index (χ0n) is 13.3. The highest BCUT2D eigenvalue weighted by atomic mass is 16.6. The van der Waals surface area contributed by atoms with Gasteiger partial charge < -0.3 is 20.9 Å². The maximum absolute atomic E-state index is 11.9. The molecule has 0 radical (unpaired) electrons. The van der Waals surface area contributed by atoms with Crippen molar-refractivity contribution in [2.45, 2.75) is 26.4 Å². The highest BCUT2D eigenvalue weighted by Crippen LogP contribution is 2.28. The van der Waals surface area contributed by atoms with Gasteiger partial charge in [0, 0.05) is 5.56 Å². The Balaban J connectivity index is 2.50. The van der Waals surface area contributed by atoms with E-state index in [0.717, 1.165) is 0 Å². The number of nitrogens with zero attached hydrogens (tertiary/aromatic N) is 2. The first-order valence-corrected chi connectivity index (χ1v) is 6.78. The summed E-state index contributed by atoms with van der Waals surface area (Å²) in [5, 5.41) is 0. The second-order valence-corrected chi connectivity index (χ2v) is 5.83. The number of fused-ring (bicyclic) bond motifs is 1. The minimum atomic E-state index is -0.704. The fourth-order valence-corrected chi connectivity index (χ4v) is 1.99. The Hall–Kier alpha value is -2.97. The van der Waals surface area contributed by atoms with Crippen molar-refractivity contribution >= 4 is 29.0 Å². The van der Waals surface area contributed by atoms with Gasteiger partial charge in [0.25, 0.3) is 0 Å². The molecule has 2 amide bonds. The van der Waals surface area contributed by atoms with Crippen LogP contribution in [0.1, 0.15) is 31.1 Å². The molecule has 0 spiro atoms. The van der Waals surface area contributed by atoms with Crippen molar-refractivity contribution in [1.29, 1.82) is 0 Å². The lowest BCUT2D eigenvalue weighted by Gasteiger charge is -2.20. The van der Waals surface area contributed by atoms with Gasteiger partial charge in [0.1, 0.15) is 16.9 Å². The molecule has 0 aliphatic rings. The number of carbonyl (C=O) groups is 2. The summed E-state index contributed by atoms with van der Waals surface area (Å²) in [6, 6.07) is 2.91. The molecule has 124 valence electrons. The molecule has 0 fully saturated rings. The number of aromatic nitrogens is 2. The number of primary amides is 1. The number of benzene rings is 1. The minimum absolute atomic E-state index is 0.00535. The molecule has 0 unspecified atom stereocenters. The number of anilines is 1. The zero-order chi connectivity index (χ0) is 17.4. The van der Waals surface area contributed by atoms with E-state index in [0.29, 0.717) is 11.0 Å². The Morgan fingerprint density at radius 2 is 1.96 bits per heavy atom. The molecular weight excluding hydrogens is 302 g/mol. The van der Waals surface area contributed by atoms with Gasteiger partial charge >= 0.3 is 6.09 Å². The van der Waals surface area contributed by atoms with E-state index in [4.69, 9.17) is 20.9 Å². The van der Waals surface area contributed by atoms with Gasteiger partial charge in [-0.05, 0) is 32.9 Å². The van der Waals surface area contributed by atoms with Crippen LogP contribution < -0.4 is 21.6 Å². The highest BCUT2D eigenvalue weighted by molar-refractivity contribution is 5.99. The fourth-order valence-electron chi connectivity index (χ4n) is 1.99. The van der Waals surface area contributed by atoms with Crippen LogP contribution in [-0.4, -0.2) is 34.4 Å². The van der Waals surface area contributed by atoms with Crippen LogP contribution in [0.25, 0.3) is 11.0 Å². The lowest BCUT2D eigenvalue weighted by Crippen LogP contribution is -2.32. The smallest absolute Gasteiger partial charge is 0.427 e. The standard InChI is InChI=1S/C14H19N5O4/c1-14(2,3)23-13(21)18-19-10-8(17-12(19)16)5-7(11(15)20)6-9(10)22-4/h5-6H,1-4H3,(H2,15,20)(H2,16,17)(H,18,21). The SMILES string of the molecule is COc1cc(C(N)=O)cc2nc(N)n(NC(=O)OC(C)(C)C)c12. The Bertz CT molecular complexity index is 776. The predicted octanol–water partition coefficient (Wildman–Crippen LogP) is 1.20. The summed E-state index contributed by atoms with van der Waals surface area (Å²) in [5.41, 5.74) is 13.9. The maximum Gasteiger partial charge on any atom is 0.427 e. The fraction of sp³-hybridized carbons (Fsp3) is 0.357. The van der Waals surface area contributed by atoms with Crippen LogP contribution in [0.15, 0.2) is 12.1 Å². The third-order valence-electron chi connectivity index (χ3n) is 2.85. The number of hydrogen-bond acceptors (Lipinski definition) is 6. The molecule has 0 atom stereocenters. The van der Waals surface area contributed by atoms with Gasteiger partial charge in [-0.2, -0.15) is 0 Å². The largest absolute Gasteiger partial charge is 0.494 e. The number of rotatable bonds is 3. The lowest BCUT2D eigenvalue weighted by atomic mass is 10.2. The number of amides is 2. The second kappa shape index (κ2) is 5.67. The van der Waals surface area contributed by atoms with Crippen molar-refractivity contribution < 1.29 is 19.1 Å². The van der Waals surface area contributed by atoms with Crippen molar-refractivity contribution in [3.63, 3.8) is 0 Å². The van der Waals surface area contributed by atoms with Crippen LogP contribution in [-0.2, 0) is 4.74 Å². The number of hydrogen-bond donors (Lipinski definition) is 3. The third kappa shape index (κ3) is 3.44. The van der Waals surface area contributed by atoms with E-state index in [1.165, 1.54) is 23.9 Å². The Kier molecular flexibility index (Phi) is 4.04. The minimum Gasteiger partial charge on any atom is -0.494 e. The number of nitrogens with two attached hydrogens (primary N) is 2. The Morgan fingerprint density at radius 3 is 2.48 bits per heavy atom. The molecule has 2 rings (SSSR count). The van der Waals surface area contributed by atoms with E-state index < -0.39 is 17.6 Å². The van der Waals surface area contributed by atoms with Gasteiger partial charge in [0.2, 0.25) is 11.9 Å². The second-order valence-electron chi connectivity index (χ2n) is 5.83. The van der Waals surface area contributed by atoms with E-state index in [-0.39, 0.29) is 17.3 Å². The molecular formula is C14H19N5O4. The van der Waals surface area contributed by atoms with Crippen LogP contribution >= 0.6 is 0 Å². The number of nitrogens with one attached hydrogen (secondary N) is 1. The van der Waals surface area contributed by atoms with E-state index in [1.54, 1.807) is 20.8 Å². The van der Waals surface area contributed by atoms with E-state index in [9.17, 15) is 9.59 Å². The van der Waals surface area contributed by atoms with E-state index in [2.05, 4.69) is 10.4 Å². The zero-order valence-corrected chi connectivity index (χ0v) is 13.3. The summed E-state index contributed by atoms with van der Waals surface area (Å²) in [4.78, 5) is 27.4. The summed E-state index contributed by atoms with van der Waals surface area (Å²) < 4.78 is 11.6. The molecule has 0 saturated carbocycles. The van der Waals surface area contributed by atoms with Crippen LogP contribution in [0.5, 0.6) is 5.75 Å². The molecule has 5 N–H and O–H groups in total. The summed E-state index contributed by atoms with van der Waals surface area (Å²) in [6.45, 7) is 5.21. The summed E-state index contributed by atoms with van der Waals surface area (Å²) in [6.07, 6.45) is -0.704. The number of carbonyl (C=O) groups excluding carboxylic acids is 2. The lowest BCUT2D eigenvalue weighted by molar-refractivity contribution is 0.0614. The molecule has 0 aliphatic heterocycles. The number of ether oxygens (including phenoxy) is 2. The Morgan fingerprint density at radius 1 is 1.30 bits per heavy atom. The van der Waals surface area contributed by atoms with E-state index in [1.807, 2.05) is 0 Å². The van der Waals surface area contributed by atoms with Gasteiger partial charge in [-0.15, -0.1) is 0 Å². The molecule has 0 saturated heterocycles. The van der Waals surface area contributed by atoms with Crippen LogP contribution in [0.4, 0.5) is 10.7 Å². The first-order valence-electron chi connectivity index (χ1n) is 6.78. The first kappa shape index (κ1) is 16.4. The highest BCUT2D eigenvalue weighted by Gasteiger charge is 2.21. The number of imidazole rings is 1. The molecule has 1 heterocycles. The molecule has 1 aromatic carbocycles. The van der Waals surface area contributed by atoms with Gasteiger partial charge in [-0.25, -0.2) is 19.9 Å². The molecule has 9 heteroatoms. The normalized spacial score (nSPS) is 11.3. The average molecular weight is 321 g/mol. The van der Waals surface area contributed by atoms with Gasteiger partial charge in [-0.3, -0.25) is 4.79 Å². The Labute approximate surface area is 132 Å². The average Bonchev–Trinajstić information content (AvgIpc) is 2.71. The topological polar surface area (TPSA) is 134 Å². The molecule has 2 aromatic rings. The van der Waals surface area contributed by atoms with Gasteiger partial charge in [0.05, 0.1) is 12.6 Å². The molecule has 23 heavy (non-hydrogen) atoms. The van der Waals surface area contributed by atoms with Crippen molar-refractivity contribution in [2.24, 2.45) is 5.73 Å². The number of methoxy groups -OCH3 is 1. The summed E-state index contributed by atoms with van der Waals surface area (Å²) >= 11 is 0.